The molecule has 1 saturated heterocycles. The van der Waals surface area contributed by atoms with E-state index in [2.05, 4.69) is 10.1 Å². The quantitative estimate of drug-likeness (QED) is 0.500. The molecular formula is C23H28N4O4S2. The zero-order chi connectivity index (χ0) is 23.6. The number of piperidine rings is 1. The van der Waals surface area contributed by atoms with Gasteiger partial charge in [0.25, 0.3) is 0 Å². The van der Waals surface area contributed by atoms with Crippen LogP contribution in [0.2, 0.25) is 0 Å². The van der Waals surface area contributed by atoms with Crippen molar-refractivity contribution in [2.75, 3.05) is 13.1 Å². The number of rotatable bonds is 7. The van der Waals surface area contributed by atoms with Crippen LogP contribution in [0.1, 0.15) is 38.1 Å². The van der Waals surface area contributed by atoms with Crippen molar-refractivity contribution in [1.29, 1.82) is 0 Å². The van der Waals surface area contributed by atoms with Crippen LogP contribution in [-0.2, 0) is 21.4 Å². The molecule has 4 rings (SSSR count). The van der Waals surface area contributed by atoms with Crippen molar-refractivity contribution < 1.29 is 17.7 Å². The van der Waals surface area contributed by atoms with E-state index in [9.17, 15) is 13.2 Å². The Bertz CT molecular complexity index is 1190. The molecule has 0 bridgehead atoms. The van der Waals surface area contributed by atoms with Gasteiger partial charge in [0.15, 0.2) is 0 Å². The van der Waals surface area contributed by atoms with Crippen molar-refractivity contribution in [1.82, 2.24) is 19.3 Å². The Kier molecular flexibility index (Phi) is 6.96. The van der Waals surface area contributed by atoms with E-state index in [1.165, 1.54) is 15.6 Å². The van der Waals surface area contributed by atoms with Gasteiger partial charge in [0.05, 0.1) is 15.7 Å². The van der Waals surface area contributed by atoms with E-state index in [1.807, 2.05) is 38.3 Å². The van der Waals surface area contributed by atoms with Crippen molar-refractivity contribution in [3.63, 3.8) is 0 Å². The van der Waals surface area contributed by atoms with E-state index in [1.54, 1.807) is 29.2 Å². The Morgan fingerprint density at radius 2 is 2.03 bits per heavy atom. The summed E-state index contributed by atoms with van der Waals surface area (Å²) in [6.45, 7) is 6.55. The van der Waals surface area contributed by atoms with Gasteiger partial charge in [-0.15, -0.1) is 11.3 Å². The van der Waals surface area contributed by atoms with E-state index in [-0.39, 0.29) is 29.9 Å². The molecule has 176 valence electrons. The van der Waals surface area contributed by atoms with Gasteiger partial charge in [-0.1, -0.05) is 28.9 Å². The third-order valence-corrected chi connectivity index (χ3v) is 8.56. The highest BCUT2D eigenvalue weighted by Gasteiger charge is 2.36. The summed E-state index contributed by atoms with van der Waals surface area (Å²) in [5.41, 5.74) is 0.997. The predicted octanol–water partition coefficient (Wildman–Crippen LogP) is 3.94. The van der Waals surface area contributed by atoms with Gasteiger partial charge in [0, 0.05) is 19.1 Å². The molecule has 1 unspecified atom stereocenters. The lowest BCUT2D eigenvalue weighted by atomic mass is 9.97. The number of thiophene rings is 1. The molecule has 0 saturated carbocycles. The molecule has 0 N–H and O–H groups in total. The molecule has 1 atom stereocenters. The first-order valence-corrected chi connectivity index (χ1v) is 13.3. The monoisotopic (exact) mass is 488 g/mol. The Labute approximate surface area is 198 Å². The van der Waals surface area contributed by atoms with Crippen molar-refractivity contribution in [2.45, 2.75) is 51.1 Å². The predicted molar refractivity (Wildman–Crippen MR) is 126 cm³/mol. The third-order valence-electron chi connectivity index (χ3n) is 5.81. The van der Waals surface area contributed by atoms with E-state index in [0.29, 0.717) is 31.1 Å². The Morgan fingerprint density at radius 3 is 2.70 bits per heavy atom. The van der Waals surface area contributed by atoms with Gasteiger partial charge in [-0.2, -0.15) is 9.29 Å². The molecule has 8 nitrogen and oxygen atoms in total. The molecule has 0 aliphatic carbocycles. The molecule has 0 spiro atoms. The minimum atomic E-state index is -3.65. The summed E-state index contributed by atoms with van der Waals surface area (Å²) in [4.78, 5) is 20.7. The molecule has 1 aliphatic heterocycles. The van der Waals surface area contributed by atoms with E-state index >= 15 is 0 Å². The Morgan fingerprint density at radius 1 is 1.27 bits per heavy atom. The van der Waals surface area contributed by atoms with Crippen molar-refractivity contribution in [3.05, 3.63) is 53.2 Å². The molecule has 1 aromatic carbocycles. The van der Waals surface area contributed by atoms with Gasteiger partial charge in [-0.3, -0.25) is 4.79 Å². The smallest absolute Gasteiger partial charge is 0.246 e. The van der Waals surface area contributed by atoms with Crippen LogP contribution in [0.15, 0.2) is 51.2 Å². The van der Waals surface area contributed by atoms with Gasteiger partial charge in [0.2, 0.25) is 27.6 Å². The number of amides is 1. The normalized spacial score (nSPS) is 17.4. The fraction of sp³-hybridized carbons (Fsp3) is 0.435. The lowest BCUT2D eigenvalue weighted by Crippen LogP contribution is -2.48. The zero-order valence-corrected chi connectivity index (χ0v) is 20.6. The summed E-state index contributed by atoms with van der Waals surface area (Å²) < 4.78 is 33.1. The molecule has 2 aromatic heterocycles. The number of carbonyl (C=O) groups excluding carboxylic acids is 1. The maximum atomic E-state index is 13.4. The number of aryl methyl sites for hydroxylation is 1. The van der Waals surface area contributed by atoms with Crippen molar-refractivity contribution >= 4 is 27.3 Å². The summed E-state index contributed by atoms with van der Waals surface area (Å²) in [6, 6.07) is 10.5. The summed E-state index contributed by atoms with van der Waals surface area (Å²) in [5, 5.41) is 5.97. The molecule has 33 heavy (non-hydrogen) atoms. The molecule has 10 heteroatoms. The zero-order valence-electron chi connectivity index (χ0n) is 19.0. The average molecular weight is 489 g/mol. The SMILES string of the molecule is Cc1ccc(S(=O)(=O)N2CCCC(C(=O)N(Cc3nc(-c4cccs4)no3)C(C)C)C2)cc1. The molecule has 1 aliphatic rings. The van der Waals surface area contributed by atoms with Gasteiger partial charge >= 0.3 is 0 Å². The van der Waals surface area contributed by atoms with Crippen LogP contribution in [0, 0.1) is 12.8 Å². The highest BCUT2D eigenvalue weighted by Crippen LogP contribution is 2.27. The highest BCUT2D eigenvalue weighted by atomic mass is 32.2. The third kappa shape index (κ3) is 5.18. The summed E-state index contributed by atoms with van der Waals surface area (Å²) in [7, 11) is -3.65. The first-order valence-electron chi connectivity index (χ1n) is 11.0. The standard InChI is InChI=1S/C23H28N4O4S2/c1-16(2)27(15-21-24-22(25-31-21)20-7-5-13-32-20)23(28)18-6-4-12-26(14-18)33(29,30)19-10-8-17(3)9-11-19/h5,7-11,13,16,18H,4,6,12,14-15H2,1-3H3. The van der Waals surface area contributed by atoms with Gasteiger partial charge in [0.1, 0.15) is 6.54 Å². The number of benzene rings is 1. The number of hydrogen-bond donors (Lipinski definition) is 0. The number of sulfonamides is 1. The topological polar surface area (TPSA) is 96.6 Å². The fourth-order valence-electron chi connectivity index (χ4n) is 3.94. The van der Waals surface area contributed by atoms with Crippen LogP contribution in [0.3, 0.4) is 0 Å². The molecule has 3 heterocycles. The van der Waals surface area contributed by atoms with Gasteiger partial charge in [-0.25, -0.2) is 8.42 Å². The maximum Gasteiger partial charge on any atom is 0.246 e. The minimum Gasteiger partial charge on any atom is -0.337 e. The van der Waals surface area contributed by atoms with Crippen molar-refractivity contribution in [3.8, 4) is 10.7 Å². The van der Waals surface area contributed by atoms with Crippen LogP contribution in [0.4, 0.5) is 0 Å². The molecular weight excluding hydrogens is 460 g/mol. The number of carbonyl (C=O) groups is 1. The van der Waals surface area contributed by atoms with Crippen molar-refractivity contribution in [2.24, 2.45) is 5.92 Å². The van der Waals surface area contributed by atoms with E-state index in [0.717, 1.165) is 10.4 Å². The first-order chi connectivity index (χ1) is 15.8. The van der Waals surface area contributed by atoms with Crippen LogP contribution in [0.25, 0.3) is 10.7 Å². The molecule has 3 aromatic rings. The number of hydrogen-bond acceptors (Lipinski definition) is 7. The highest BCUT2D eigenvalue weighted by molar-refractivity contribution is 7.89. The number of aromatic nitrogens is 2. The lowest BCUT2D eigenvalue weighted by molar-refractivity contribution is -0.139. The molecule has 0 radical (unpaired) electrons. The molecule has 1 amide bonds. The number of nitrogens with zero attached hydrogens (tertiary/aromatic N) is 4. The van der Waals surface area contributed by atoms with Crippen LogP contribution in [0.5, 0.6) is 0 Å². The average Bonchev–Trinajstić information content (AvgIpc) is 3.49. The van der Waals surface area contributed by atoms with Crippen LogP contribution < -0.4 is 0 Å². The van der Waals surface area contributed by atoms with E-state index < -0.39 is 15.9 Å². The van der Waals surface area contributed by atoms with Gasteiger partial charge < -0.3 is 9.42 Å². The van der Waals surface area contributed by atoms with Gasteiger partial charge in [-0.05, 0) is 57.2 Å². The molecule has 1 fully saturated rings. The minimum absolute atomic E-state index is 0.0929. The summed E-state index contributed by atoms with van der Waals surface area (Å²) >= 11 is 1.52. The largest absolute Gasteiger partial charge is 0.337 e. The Hall–Kier alpha value is -2.56. The maximum absolute atomic E-state index is 13.4. The summed E-state index contributed by atoms with van der Waals surface area (Å²) in [6.07, 6.45) is 1.28. The second-order valence-corrected chi connectivity index (χ2v) is 11.4. The second-order valence-electron chi connectivity index (χ2n) is 8.56. The fourth-order valence-corrected chi connectivity index (χ4v) is 6.11. The van der Waals surface area contributed by atoms with Crippen LogP contribution in [-0.4, -0.2) is 52.8 Å². The summed E-state index contributed by atoms with van der Waals surface area (Å²) in [5.74, 6) is 0.357. The lowest BCUT2D eigenvalue weighted by Gasteiger charge is -2.35. The Balaban J connectivity index is 1.48. The van der Waals surface area contributed by atoms with Crippen LogP contribution >= 0.6 is 11.3 Å². The second kappa shape index (κ2) is 9.74. The first kappa shape index (κ1) is 23.6. The van der Waals surface area contributed by atoms with E-state index in [4.69, 9.17) is 4.52 Å².